The van der Waals surface area contributed by atoms with E-state index >= 15 is 0 Å². The van der Waals surface area contributed by atoms with Crippen LogP contribution in [0.5, 0.6) is 0 Å². The topological polar surface area (TPSA) is 42.2 Å². The van der Waals surface area contributed by atoms with Crippen LogP contribution in [0.2, 0.25) is 0 Å². The number of aromatic nitrogens is 1. The van der Waals surface area contributed by atoms with Gasteiger partial charge in [0.2, 0.25) is 0 Å². The lowest BCUT2D eigenvalue weighted by Gasteiger charge is -2.37. The first-order chi connectivity index (χ1) is 8.27. The number of pyridine rings is 1. The van der Waals surface area contributed by atoms with Crippen LogP contribution in [0.1, 0.15) is 12.1 Å². The van der Waals surface area contributed by atoms with Crippen molar-refractivity contribution in [2.75, 3.05) is 31.6 Å². The monoisotopic (exact) mass is 251 g/mol. The van der Waals surface area contributed by atoms with Crippen molar-refractivity contribution in [3.05, 3.63) is 30.1 Å². The molecule has 2 rings (SSSR count). The standard InChI is InChI=1S/C13H21N3S/c1-16(13(10-14)6-9-17-11-13)8-5-12-4-2-3-7-15-12/h2-4,7H,5-6,8-11,14H2,1H3. The normalized spacial score (nSPS) is 24.4. The lowest BCUT2D eigenvalue weighted by molar-refractivity contribution is 0.153. The highest BCUT2D eigenvalue weighted by atomic mass is 32.2. The van der Waals surface area contributed by atoms with Gasteiger partial charge in [-0.15, -0.1) is 0 Å². The van der Waals surface area contributed by atoms with Crippen molar-refractivity contribution < 1.29 is 0 Å². The first-order valence-corrected chi connectivity index (χ1v) is 7.31. The van der Waals surface area contributed by atoms with Crippen LogP contribution in [0.4, 0.5) is 0 Å². The zero-order valence-corrected chi connectivity index (χ0v) is 11.2. The molecule has 0 aromatic carbocycles. The second-order valence-electron chi connectivity index (χ2n) is 4.72. The Morgan fingerprint density at radius 1 is 1.53 bits per heavy atom. The van der Waals surface area contributed by atoms with Crippen LogP contribution in [-0.2, 0) is 6.42 Å². The highest BCUT2D eigenvalue weighted by Gasteiger charge is 2.36. The second-order valence-corrected chi connectivity index (χ2v) is 5.83. The van der Waals surface area contributed by atoms with Gasteiger partial charge in [0.15, 0.2) is 0 Å². The summed E-state index contributed by atoms with van der Waals surface area (Å²) in [5.74, 6) is 2.41. The lowest BCUT2D eigenvalue weighted by atomic mass is 9.97. The fourth-order valence-electron chi connectivity index (χ4n) is 2.28. The smallest absolute Gasteiger partial charge is 0.0426 e. The third kappa shape index (κ3) is 3.00. The Balaban J connectivity index is 1.90. The van der Waals surface area contributed by atoms with Crippen molar-refractivity contribution in [2.24, 2.45) is 5.73 Å². The Labute approximate surface area is 108 Å². The summed E-state index contributed by atoms with van der Waals surface area (Å²) in [7, 11) is 2.20. The van der Waals surface area contributed by atoms with Gasteiger partial charge < -0.3 is 5.73 Å². The van der Waals surface area contributed by atoms with Crippen molar-refractivity contribution in [2.45, 2.75) is 18.4 Å². The van der Waals surface area contributed by atoms with Gasteiger partial charge in [-0.25, -0.2) is 0 Å². The molecule has 0 saturated carbocycles. The molecule has 17 heavy (non-hydrogen) atoms. The van der Waals surface area contributed by atoms with Crippen molar-refractivity contribution in [3.63, 3.8) is 0 Å². The number of thioether (sulfide) groups is 1. The summed E-state index contributed by atoms with van der Waals surface area (Å²) in [5.41, 5.74) is 7.35. The molecule has 1 aromatic heterocycles. The van der Waals surface area contributed by atoms with Gasteiger partial charge in [0.05, 0.1) is 0 Å². The van der Waals surface area contributed by atoms with E-state index in [9.17, 15) is 0 Å². The minimum Gasteiger partial charge on any atom is -0.329 e. The minimum absolute atomic E-state index is 0.222. The molecule has 0 aliphatic carbocycles. The third-order valence-corrected chi connectivity index (χ3v) is 4.94. The Kier molecular flexibility index (Phi) is 4.42. The molecule has 1 saturated heterocycles. The van der Waals surface area contributed by atoms with Crippen LogP contribution < -0.4 is 5.73 Å². The van der Waals surface area contributed by atoms with Gasteiger partial charge in [0.1, 0.15) is 0 Å². The quantitative estimate of drug-likeness (QED) is 0.859. The van der Waals surface area contributed by atoms with Crippen LogP contribution >= 0.6 is 11.8 Å². The average molecular weight is 251 g/mol. The van der Waals surface area contributed by atoms with E-state index in [-0.39, 0.29) is 5.54 Å². The van der Waals surface area contributed by atoms with Gasteiger partial charge in [0, 0.05) is 42.7 Å². The van der Waals surface area contributed by atoms with Crippen LogP contribution in [0.15, 0.2) is 24.4 Å². The molecular formula is C13H21N3S. The van der Waals surface area contributed by atoms with E-state index < -0.39 is 0 Å². The predicted octanol–water partition coefficient (Wildman–Crippen LogP) is 1.39. The van der Waals surface area contributed by atoms with E-state index in [0.717, 1.165) is 25.2 Å². The molecule has 0 spiro atoms. The highest BCUT2D eigenvalue weighted by molar-refractivity contribution is 7.99. The van der Waals surface area contributed by atoms with E-state index in [1.54, 1.807) is 0 Å². The summed E-state index contributed by atoms with van der Waals surface area (Å²) >= 11 is 2.02. The third-order valence-electron chi connectivity index (χ3n) is 3.70. The highest BCUT2D eigenvalue weighted by Crippen LogP contribution is 2.31. The largest absolute Gasteiger partial charge is 0.329 e. The molecule has 2 heterocycles. The molecule has 1 unspecified atom stereocenters. The number of nitrogens with two attached hydrogens (primary N) is 1. The van der Waals surface area contributed by atoms with E-state index in [0.29, 0.717) is 0 Å². The van der Waals surface area contributed by atoms with Crippen LogP contribution in [0.3, 0.4) is 0 Å². The Morgan fingerprint density at radius 3 is 3.00 bits per heavy atom. The number of likely N-dealkylation sites (N-methyl/N-ethyl adjacent to an activating group) is 1. The molecule has 1 fully saturated rings. The van der Waals surface area contributed by atoms with Crippen molar-refractivity contribution in [3.8, 4) is 0 Å². The van der Waals surface area contributed by atoms with E-state index in [1.165, 1.54) is 17.9 Å². The van der Waals surface area contributed by atoms with Gasteiger partial charge in [0.25, 0.3) is 0 Å². The zero-order chi connectivity index (χ0) is 12.1. The number of rotatable bonds is 5. The maximum Gasteiger partial charge on any atom is 0.0426 e. The summed E-state index contributed by atoms with van der Waals surface area (Å²) in [6, 6.07) is 6.10. The Morgan fingerprint density at radius 2 is 2.41 bits per heavy atom. The number of hydrogen-bond acceptors (Lipinski definition) is 4. The first kappa shape index (κ1) is 12.9. The molecule has 4 heteroatoms. The summed E-state index contributed by atoms with van der Waals surface area (Å²) in [4.78, 5) is 6.79. The average Bonchev–Trinajstić information content (AvgIpc) is 2.87. The summed E-state index contributed by atoms with van der Waals surface area (Å²) in [6.07, 6.45) is 4.08. The maximum absolute atomic E-state index is 5.97. The van der Waals surface area contributed by atoms with Crippen molar-refractivity contribution in [1.82, 2.24) is 9.88 Å². The van der Waals surface area contributed by atoms with Crippen LogP contribution in [0, 0.1) is 0 Å². The van der Waals surface area contributed by atoms with Gasteiger partial charge in [-0.1, -0.05) is 6.07 Å². The van der Waals surface area contributed by atoms with Gasteiger partial charge in [-0.2, -0.15) is 11.8 Å². The lowest BCUT2D eigenvalue weighted by Crippen LogP contribution is -2.52. The first-order valence-electron chi connectivity index (χ1n) is 6.16. The molecular weight excluding hydrogens is 230 g/mol. The molecule has 1 aliphatic rings. The van der Waals surface area contributed by atoms with E-state index in [4.69, 9.17) is 5.73 Å². The molecule has 1 atom stereocenters. The van der Waals surface area contributed by atoms with E-state index in [1.807, 2.05) is 30.1 Å². The van der Waals surface area contributed by atoms with Gasteiger partial charge >= 0.3 is 0 Å². The van der Waals surface area contributed by atoms with E-state index in [2.05, 4.69) is 23.0 Å². The molecule has 1 aliphatic heterocycles. The summed E-state index contributed by atoms with van der Waals surface area (Å²) in [5, 5.41) is 0. The molecule has 94 valence electrons. The summed E-state index contributed by atoms with van der Waals surface area (Å²) in [6.45, 7) is 1.80. The van der Waals surface area contributed by atoms with Crippen molar-refractivity contribution >= 4 is 11.8 Å². The Hall–Kier alpha value is -0.580. The number of nitrogens with zero attached hydrogens (tertiary/aromatic N) is 2. The second kappa shape index (κ2) is 5.85. The molecule has 0 radical (unpaired) electrons. The molecule has 3 nitrogen and oxygen atoms in total. The van der Waals surface area contributed by atoms with Crippen molar-refractivity contribution in [1.29, 1.82) is 0 Å². The number of hydrogen-bond donors (Lipinski definition) is 1. The van der Waals surface area contributed by atoms with Gasteiger partial charge in [-0.3, -0.25) is 9.88 Å². The zero-order valence-electron chi connectivity index (χ0n) is 10.4. The van der Waals surface area contributed by atoms with Crippen LogP contribution in [0.25, 0.3) is 0 Å². The minimum atomic E-state index is 0.222. The molecule has 0 amide bonds. The Bertz CT molecular complexity index is 336. The molecule has 1 aromatic rings. The van der Waals surface area contributed by atoms with Gasteiger partial charge in [-0.05, 0) is 31.4 Å². The fraction of sp³-hybridized carbons (Fsp3) is 0.615. The van der Waals surface area contributed by atoms with Crippen LogP contribution in [-0.4, -0.2) is 47.1 Å². The maximum atomic E-state index is 5.97. The molecule has 2 N–H and O–H groups in total. The SMILES string of the molecule is CN(CCc1ccccn1)C1(CN)CCSC1. The predicted molar refractivity (Wildman–Crippen MR) is 74.3 cm³/mol. The fourth-order valence-corrected chi connectivity index (χ4v) is 3.81. The summed E-state index contributed by atoms with van der Waals surface area (Å²) < 4.78 is 0. The molecule has 0 bridgehead atoms.